The summed E-state index contributed by atoms with van der Waals surface area (Å²) in [5.41, 5.74) is 0. The van der Waals surface area contributed by atoms with E-state index in [2.05, 4.69) is 5.32 Å². The molecule has 2 rings (SSSR count). The number of carbonyl (C=O) groups is 2. The van der Waals surface area contributed by atoms with Crippen LogP contribution in [0.15, 0.2) is 0 Å². The Hall–Kier alpha value is -1.10. The average molecular weight is 295 g/mol. The minimum absolute atomic E-state index is 0.00981. The summed E-state index contributed by atoms with van der Waals surface area (Å²) in [7, 11) is 1.87. The Labute approximate surface area is 128 Å². The molecule has 0 bridgehead atoms. The van der Waals surface area contributed by atoms with Crippen molar-refractivity contribution in [3.8, 4) is 0 Å². The maximum atomic E-state index is 12.5. The zero-order valence-electron chi connectivity index (χ0n) is 13.4. The maximum Gasteiger partial charge on any atom is 0.226 e. The standard InChI is InChI=1S/C16H29N3O2/c1-13(12-17-2)15(20)18-8-10-19(11-9-18)16(21)14-6-4-3-5-7-14/h13-14,17H,3-12H2,1-2H3. The summed E-state index contributed by atoms with van der Waals surface area (Å²) < 4.78 is 0. The Morgan fingerprint density at radius 1 is 1.05 bits per heavy atom. The van der Waals surface area contributed by atoms with Gasteiger partial charge in [-0.25, -0.2) is 0 Å². The zero-order valence-corrected chi connectivity index (χ0v) is 13.4. The molecular weight excluding hydrogens is 266 g/mol. The van der Waals surface area contributed by atoms with E-state index in [1.165, 1.54) is 19.3 Å². The molecule has 1 unspecified atom stereocenters. The molecule has 1 saturated carbocycles. The molecular formula is C16H29N3O2. The second-order valence-electron chi connectivity index (χ2n) is 6.44. The number of piperazine rings is 1. The van der Waals surface area contributed by atoms with Crippen molar-refractivity contribution in [2.75, 3.05) is 39.8 Å². The number of rotatable bonds is 4. The van der Waals surface area contributed by atoms with Gasteiger partial charge in [0.25, 0.3) is 0 Å². The van der Waals surface area contributed by atoms with Crippen molar-refractivity contribution >= 4 is 11.8 Å². The fourth-order valence-corrected chi connectivity index (χ4v) is 3.46. The normalized spacial score (nSPS) is 22.2. The molecule has 120 valence electrons. The average Bonchev–Trinajstić information content (AvgIpc) is 2.54. The molecule has 1 aliphatic heterocycles. The largest absolute Gasteiger partial charge is 0.339 e. The van der Waals surface area contributed by atoms with Gasteiger partial charge in [-0.1, -0.05) is 26.2 Å². The molecule has 1 N–H and O–H groups in total. The van der Waals surface area contributed by atoms with Crippen LogP contribution in [-0.4, -0.2) is 61.4 Å². The fraction of sp³-hybridized carbons (Fsp3) is 0.875. The summed E-state index contributed by atoms with van der Waals surface area (Å²) in [5, 5.41) is 3.05. The van der Waals surface area contributed by atoms with E-state index < -0.39 is 0 Å². The number of amides is 2. The van der Waals surface area contributed by atoms with E-state index >= 15 is 0 Å². The third kappa shape index (κ3) is 4.19. The minimum atomic E-state index is 0.00981. The lowest BCUT2D eigenvalue weighted by atomic mass is 9.88. The Balaban J connectivity index is 1.79. The van der Waals surface area contributed by atoms with Crippen LogP contribution in [0.4, 0.5) is 0 Å². The molecule has 1 saturated heterocycles. The van der Waals surface area contributed by atoms with Gasteiger partial charge < -0.3 is 15.1 Å². The molecule has 21 heavy (non-hydrogen) atoms. The van der Waals surface area contributed by atoms with Crippen LogP contribution < -0.4 is 5.32 Å². The van der Waals surface area contributed by atoms with Crippen molar-refractivity contribution in [2.45, 2.75) is 39.0 Å². The van der Waals surface area contributed by atoms with Gasteiger partial charge in [-0.3, -0.25) is 9.59 Å². The highest BCUT2D eigenvalue weighted by Gasteiger charge is 2.30. The number of hydrogen-bond donors (Lipinski definition) is 1. The highest BCUT2D eigenvalue weighted by Crippen LogP contribution is 2.25. The van der Waals surface area contributed by atoms with Crippen LogP contribution >= 0.6 is 0 Å². The highest BCUT2D eigenvalue weighted by molar-refractivity contribution is 5.81. The van der Waals surface area contributed by atoms with Gasteiger partial charge in [0.05, 0.1) is 0 Å². The first-order valence-electron chi connectivity index (χ1n) is 8.35. The van der Waals surface area contributed by atoms with Crippen LogP contribution in [0.5, 0.6) is 0 Å². The summed E-state index contributed by atoms with van der Waals surface area (Å²) >= 11 is 0. The Kier molecular flexibility index (Phi) is 6.03. The predicted octanol–water partition coefficient (Wildman–Crippen LogP) is 1.09. The smallest absolute Gasteiger partial charge is 0.226 e. The first-order valence-corrected chi connectivity index (χ1v) is 8.35. The molecule has 0 aromatic carbocycles. The van der Waals surface area contributed by atoms with E-state index in [4.69, 9.17) is 0 Å². The molecule has 2 aliphatic rings. The molecule has 1 heterocycles. The predicted molar refractivity (Wildman–Crippen MR) is 82.8 cm³/mol. The van der Waals surface area contributed by atoms with E-state index in [-0.39, 0.29) is 17.7 Å². The molecule has 5 nitrogen and oxygen atoms in total. The first kappa shape index (κ1) is 16.3. The van der Waals surface area contributed by atoms with Gasteiger partial charge in [0.15, 0.2) is 0 Å². The monoisotopic (exact) mass is 295 g/mol. The van der Waals surface area contributed by atoms with E-state index in [0.717, 1.165) is 12.8 Å². The molecule has 0 radical (unpaired) electrons. The maximum absolute atomic E-state index is 12.5. The van der Waals surface area contributed by atoms with Crippen molar-refractivity contribution in [1.82, 2.24) is 15.1 Å². The quantitative estimate of drug-likeness (QED) is 0.845. The SMILES string of the molecule is CNCC(C)C(=O)N1CCN(C(=O)C2CCCCC2)CC1. The third-order valence-electron chi connectivity index (χ3n) is 4.79. The van der Waals surface area contributed by atoms with Gasteiger partial charge in [0.2, 0.25) is 11.8 Å². The van der Waals surface area contributed by atoms with Gasteiger partial charge in [0, 0.05) is 44.6 Å². The Morgan fingerprint density at radius 3 is 2.19 bits per heavy atom. The van der Waals surface area contributed by atoms with Crippen LogP contribution in [0.2, 0.25) is 0 Å². The van der Waals surface area contributed by atoms with Crippen LogP contribution in [0.3, 0.4) is 0 Å². The van der Waals surface area contributed by atoms with Crippen molar-refractivity contribution < 1.29 is 9.59 Å². The number of nitrogens with one attached hydrogen (secondary N) is 1. The lowest BCUT2D eigenvalue weighted by Crippen LogP contribution is -2.53. The first-order chi connectivity index (χ1) is 10.1. The van der Waals surface area contributed by atoms with E-state index in [9.17, 15) is 9.59 Å². The molecule has 2 fully saturated rings. The van der Waals surface area contributed by atoms with Crippen LogP contribution in [0, 0.1) is 11.8 Å². The highest BCUT2D eigenvalue weighted by atomic mass is 16.2. The summed E-state index contributed by atoms with van der Waals surface area (Å²) in [5.74, 6) is 0.777. The Bertz CT molecular complexity index is 359. The number of hydrogen-bond acceptors (Lipinski definition) is 3. The fourth-order valence-electron chi connectivity index (χ4n) is 3.46. The van der Waals surface area contributed by atoms with Crippen LogP contribution in [-0.2, 0) is 9.59 Å². The van der Waals surface area contributed by atoms with Crippen molar-refractivity contribution in [1.29, 1.82) is 0 Å². The molecule has 5 heteroatoms. The minimum Gasteiger partial charge on any atom is -0.339 e. The van der Waals surface area contributed by atoms with E-state index in [1.54, 1.807) is 0 Å². The molecule has 0 aromatic rings. The summed E-state index contributed by atoms with van der Waals surface area (Å²) in [6.45, 7) is 5.44. The van der Waals surface area contributed by atoms with Crippen molar-refractivity contribution in [3.63, 3.8) is 0 Å². The van der Waals surface area contributed by atoms with Crippen LogP contribution in [0.1, 0.15) is 39.0 Å². The summed E-state index contributed by atoms with van der Waals surface area (Å²) in [4.78, 5) is 28.6. The zero-order chi connectivity index (χ0) is 15.2. The van der Waals surface area contributed by atoms with Gasteiger partial charge in [-0.15, -0.1) is 0 Å². The number of nitrogens with zero attached hydrogens (tertiary/aromatic N) is 2. The lowest BCUT2D eigenvalue weighted by Gasteiger charge is -2.38. The van der Waals surface area contributed by atoms with Gasteiger partial charge in [0.1, 0.15) is 0 Å². The molecule has 0 spiro atoms. The van der Waals surface area contributed by atoms with Gasteiger partial charge >= 0.3 is 0 Å². The van der Waals surface area contributed by atoms with Crippen molar-refractivity contribution in [2.24, 2.45) is 11.8 Å². The number of carbonyl (C=O) groups excluding carboxylic acids is 2. The molecule has 1 atom stereocenters. The second kappa shape index (κ2) is 7.78. The molecule has 0 aromatic heterocycles. The van der Waals surface area contributed by atoms with E-state index in [0.29, 0.717) is 38.6 Å². The lowest BCUT2D eigenvalue weighted by molar-refractivity contribution is -0.144. The second-order valence-corrected chi connectivity index (χ2v) is 6.44. The Morgan fingerprint density at radius 2 is 1.62 bits per heavy atom. The molecule has 2 amide bonds. The van der Waals surface area contributed by atoms with Crippen LogP contribution in [0.25, 0.3) is 0 Å². The topological polar surface area (TPSA) is 52.7 Å². The van der Waals surface area contributed by atoms with E-state index in [1.807, 2.05) is 23.8 Å². The summed E-state index contributed by atoms with van der Waals surface area (Å²) in [6.07, 6.45) is 5.76. The van der Waals surface area contributed by atoms with Gasteiger partial charge in [-0.05, 0) is 19.9 Å². The molecule has 1 aliphatic carbocycles. The van der Waals surface area contributed by atoms with Crippen molar-refractivity contribution in [3.05, 3.63) is 0 Å². The van der Waals surface area contributed by atoms with Gasteiger partial charge in [-0.2, -0.15) is 0 Å². The third-order valence-corrected chi connectivity index (χ3v) is 4.79. The summed E-state index contributed by atoms with van der Waals surface area (Å²) in [6, 6.07) is 0.